The monoisotopic (exact) mass is 303 g/mol. The van der Waals surface area contributed by atoms with Crippen molar-refractivity contribution >= 4 is 11.3 Å². The first-order chi connectivity index (χ1) is 10.2. The molecule has 21 heavy (non-hydrogen) atoms. The third-order valence-electron chi connectivity index (χ3n) is 4.10. The van der Waals surface area contributed by atoms with Crippen molar-refractivity contribution in [2.75, 3.05) is 6.54 Å². The lowest BCUT2D eigenvalue weighted by Gasteiger charge is -2.16. The van der Waals surface area contributed by atoms with Crippen LogP contribution >= 0.6 is 11.3 Å². The van der Waals surface area contributed by atoms with Crippen LogP contribution < -0.4 is 5.32 Å². The number of hydrogen-bond acceptors (Lipinski definition) is 2. The van der Waals surface area contributed by atoms with E-state index in [9.17, 15) is 4.39 Å². The first-order valence-corrected chi connectivity index (χ1v) is 8.60. The van der Waals surface area contributed by atoms with E-state index in [2.05, 4.69) is 24.4 Å². The molecular weight excluding hydrogens is 281 g/mol. The van der Waals surface area contributed by atoms with Gasteiger partial charge in [0.15, 0.2) is 0 Å². The number of hydrogen-bond donors (Lipinski definition) is 1. The van der Waals surface area contributed by atoms with Crippen LogP contribution in [0, 0.1) is 18.7 Å². The summed E-state index contributed by atoms with van der Waals surface area (Å²) in [7, 11) is 0. The summed E-state index contributed by atoms with van der Waals surface area (Å²) in [6, 6.07) is 10.4. The Morgan fingerprint density at radius 3 is 2.76 bits per heavy atom. The molecule has 112 valence electrons. The van der Waals surface area contributed by atoms with Crippen molar-refractivity contribution in [1.29, 1.82) is 0 Å². The Bertz CT molecular complexity index is 615. The molecule has 0 bridgehead atoms. The molecule has 3 rings (SSSR count). The lowest BCUT2D eigenvalue weighted by atomic mass is 10.1. The largest absolute Gasteiger partial charge is 0.309 e. The molecule has 0 spiro atoms. The highest BCUT2D eigenvalue weighted by molar-refractivity contribution is 7.15. The van der Waals surface area contributed by atoms with Gasteiger partial charge in [-0.3, -0.25) is 0 Å². The lowest BCUT2D eigenvalue weighted by Crippen LogP contribution is -2.22. The van der Waals surface area contributed by atoms with Crippen molar-refractivity contribution in [3.05, 3.63) is 46.6 Å². The van der Waals surface area contributed by atoms with Crippen LogP contribution in [0.25, 0.3) is 10.4 Å². The second-order valence-electron chi connectivity index (χ2n) is 5.94. The average Bonchev–Trinajstić information content (AvgIpc) is 3.20. The van der Waals surface area contributed by atoms with Crippen LogP contribution in [0.2, 0.25) is 0 Å². The normalized spacial score (nSPS) is 16.1. The van der Waals surface area contributed by atoms with Gasteiger partial charge in [0, 0.05) is 15.8 Å². The van der Waals surface area contributed by atoms with E-state index in [0.29, 0.717) is 11.6 Å². The van der Waals surface area contributed by atoms with Crippen molar-refractivity contribution in [2.24, 2.45) is 5.92 Å². The summed E-state index contributed by atoms with van der Waals surface area (Å²) in [5.41, 5.74) is 1.69. The van der Waals surface area contributed by atoms with Gasteiger partial charge in [0.1, 0.15) is 5.82 Å². The molecule has 1 aliphatic rings. The summed E-state index contributed by atoms with van der Waals surface area (Å²) in [5.74, 6) is 0.670. The van der Waals surface area contributed by atoms with E-state index >= 15 is 0 Å². The zero-order chi connectivity index (χ0) is 14.8. The van der Waals surface area contributed by atoms with E-state index in [4.69, 9.17) is 0 Å². The van der Waals surface area contributed by atoms with Crippen LogP contribution in [0.4, 0.5) is 4.39 Å². The van der Waals surface area contributed by atoms with E-state index in [1.165, 1.54) is 17.7 Å². The Morgan fingerprint density at radius 1 is 1.29 bits per heavy atom. The minimum Gasteiger partial charge on any atom is -0.309 e. The third-order valence-corrected chi connectivity index (χ3v) is 5.31. The molecule has 1 fully saturated rings. The molecule has 1 aromatic heterocycles. The van der Waals surface area contributed by atoms with Crippen LogP contribution in [0.15, 0.2) is 30.3 Å². The molecule has 3 heteroatoms. The van der Waals surface area contributed by atoms with E-state index in [1.54, 1.807) is 24.3 Å². The quantitative estimate of drug-likeness (QED) is 0.762. The van der Waals surface area contributed by atoms with Gasteiger partial charge in [-0.2, -0.15) is 0 Å². The first-order valence-electron chi connectivity index (χ1n) is 7.78. The fourth-order valence-corrected chi connectivity index (χ4v) is 3.82. The molecule has 1 atom stereocenters. The van der Waals surface area contributed by atoms with Gasteiger partial charge in [0.05, 0.1) is 0 Å². The van der Waals surface area contributed by atoms with E-state index in [-0.39, 0.29) is 5.82 Å². The number of aryl methyl sites for hydroxylation is 1. The summed E-state index contributed by atoms with van der Waals surface area (Å²) < 4.78 is 13.7. The standard InChI is InChI=1S/C18H22FNS/c1-3-10-20-18(13-6-7-13)17-9-8-16(21-17)14-5-4-12(2)15(19)11-14/h4-5,8-9,11,13,18,20H,3,6-7,10H2,1-2H3. The summed E-state index contributed by atoms with van der Waals surface area (Å²) in [4.78, 5) is 2.55. The molecule has 2 aromatic rings. The number of benzene rings is 1. The highest BCUT2D eigenvalue weighted by Gasteiger charge is 2.32. The van der Waals surface area contributed by atoms with Crippen molar-refractivity contribution in [3.63, 3.8) is 0 Å². The Kier molecular flexibility index (Phi) is 4.41. The Balaban J connectivity index is 1.82. The lowest BCUT2D eigenvalue weighted by molar-refractivity contribution is 0.488. The van der Waals surface area contributed by atoms with Crippen LogP contribution in [0.5, 0.6) is 0 Å². The predicted molar refractivity (Wildman–Crippen MR) is 88.2 cm³/mol. The van der Waals surface area contributed by atoms with Gasteiger partial charge >= 0.3 is 0 Å². The second-order valence-corrected chi connectivity index (χ2v) is 7.05. The van der Waals surface area contributed by atoms with Gasteiger partial charge in [0.2, 0.25) is 0 Å². The van der Waals surface area contributed by atoms with Crippen LogP contribution in [-0.4, -0.2) is 6.54 Å². The minimum atomic E-state index is -0.120. The van der Waals surface area contributed by atoms with Crippen LogP contribution in [0.1, 0.15) is 42.7 Å². The highest BCUT2D eigenvalue weighted by Crippen LogP contribution is 2.44. The zero-order valence-corrected chi connectivity index (χ0v) is 13.5. The zero-order valence-electron chi connectivity index (χ0n) is 12.7. The molecular formula is C18H22FNS. The molecule has 0 amide bonds. The van der Waals surface area contributed by atoms with Gasteiger partial charge < -0.3 is 5.32 Å². The smallest absolute Gasteiger partial charge is 0.126 e. The molecule has 1 nitrogen and oxygen atoms in total. The van der Waals surface area contributed by atoms with E-state index in [1.807, 2.05) is 12.1 Å². The molecule has 1 heterocycles. The summed E-state index contributed by atoms with van der Waals surface area (Å²) in [6.45, 7) is 5.07. The van der Waals surface area contributed by atoms with Gasteiger partial charge in [-0.25, -0.2) is 4.39 Å². The molecule has 1 unspecified atom stereocenters. The van der Waals surface area contributed by atoms with E-state index < -0.39 is 0 Å². The maximum atomic E-state index is 13.7. The fourth-order valence-electron chi connectivity index (χ4n) is 2.65. The molecule has 0 aliphatic heterocycles. The maximum absolute atomic E-state index is 13.7. The molecule has 1 saturated carbocycles. The molecule has 0 radical (unpaired) electrons. The number of halogens is 1. The first kappa shape index (κ1) is 14.7. The van der Waals surface area contributed by atoms with Crippen molar-refractivity contribution in [2.45, 2.75) is 39.2 Å². The number of thiophene rings is 1. The van der Waals surface area contributed by atoms with Crippen LogP contribution in [-0.2, 0) is 0 Å². The number of rotatable bonds is 6. The second kappa shape index (κ2) is 6.29. The minimum absolute atomic E-state index is 0.120. The van der Waals surface area contributed by atoms with Crippen molar-refractivity contribution < 1.29 is 4.39 Å². The SMILES string of the molecule is CCCNC(c1ccc(-c2ccc(C)c(F)c2)s1)C1CC1. The summed E-state index contributed by atoms with van der Waals surface area (Å²) >= 11 is 1.80. The van der Waals surface area contributed by atoms with Gasteiger partial charge in [-0.05, 0) is 68.0 Å². The Morgan fingerprint density at radius 2 is 2.10 bits per heavy atom. The molecule has 1 N–H and O–H groups in total. The molecule has 1 aliphatic carbocycles. The molecule has 1 aromatic carbocycles. The molecule has 0 saturated heterocycles. The maximum Gasteiger partial charge on any atom is 0.126 e. The Labute approximate surface area is 130 Å². The van der Waals surface area contributed by atoms with Gasteiger partial charge in [-0.1, -0.05) is 19.1 Å². The highest BCUT2D eigenvalue weighted by atomic mass is 32.1. The van der Waals surface area contributed by atoms with Crippen molar-refractivity contribution in [3.8, 4) is 10.4 Å². The average molecular weight is 303 g/mol. The Hall–Kier alpha value is -1.19. The summed E-state index contributed by atoms with van der Waals surface area (Å²) in [5, 5.41) is 3.67. The third kappa shape index (κ3) is 3.35. The van der Waals surface area contributed by atoms with Gasteiger partial charge in [-0.15, -0.1) is 11.3 Å². The van der Waals surface area contributed by atoms with Crippen molar-refractivity contribution in [1.82, 2.24) is 5.32 Å². The fraction of sp³-hybridized carbons (Fsp3) is 0.444. The summed E-state index contributed by atoms with van der Waals surface area (Å²) in [6.07, 6.45) is 3.81. The van der Waals surface area contributed by atoms with E-state index in [0.717, 1.165) is 29.3 Å². The van der Waals surface area contributed by atoms with Crippen LogP contribution in [0.3, 0.4) is 0 Å². The topological polar surface area (TPSA) is 12.0 Å². The number of nitrogens with one attached hydrogen (secondary N) is 1. The predicted octanol–water partition coefficient (Wildman–Crippen LogP) is 5.31. The van der Waals surface area contributed by atoms with Gasteiger partial charge in [0.25, 0.3) is 0 Å².